The van der Waals surface area contributed by atoms with E-state index >= 15 is 0 Å². The Morgan fingerprint density at radius 2 is 1.92 bits per heavy atom. The average Bonchev–Trinajstić information content (AvgIpc) is 3.13. The van der Waals surface area contributed by atoms with Gasteiger partial charge in [-0.25, -0.2) is 0 Å². The second kappa shape index (κ2) is 9.44. The molecule has 1 aliphatic rings. The van der Waals surface area contributed by atoms with Crippen molar-refractivity contribution in [2.75, 3.05) is 13.1 Å². The van der Waals surface area contributed by atoms with E-state index in [-0.39, 0.29) is 24.4 Å². The van der Waals surface area contributed by atoms with Gasteiger partial charge in [-0.05, 0) is 31.0 Å². The molecule has 0 bridgehead atoms. The Bertz CT molecular complexity index is 672. The van der Waals surface area contributed by atoms with Crippen LogP contribution in [-0.2, 0) is 11.2 Å². The summed E-state index contributed by atoms with van der Waals surface area (Å²) in [4.78, 5) is 12.8. The molecule has 1 heterocycles. The zero-order chi connectivity index (χ0) is 16.8. The van der Waals surface area contributed by atoms with Gasteiger partial charge in [-0.3, -0.25) is 4.79 Å². The van der Waals surface area contributed by atoms with Gasteiger partial charge in [-0.2, -0.15) is 0 Å². The summed E-state index contributed by atoms with van der Waals surface area (Å²) in [5.74, 6) is 0.689. The van der Waals surface area contributed by atoms with Crippen molar-refractivity contribution in [2.24, 2.45) is 0 Å². The number of carbonyl (C=O) groups excluding carboxylic acids is 1. The van der Waals surface area contributed by atoms with Gasteiger partial charge in [0.25, 0.3) is 5.91 Å². The summed E-state index contributed by atoms with van der Waals surface area (Å²) in [6.45, 7) is 3.85. The van der Waals surface area contributed by atoms with E-state index in [1.54, 1.807) is 0 Å². The molecule has 4 nitrogen and oxygen atoms in total. The van der Waals surface area contributed by atoms with Gasteiger partial charge >= 0.3 is 0 Å². The second-order valence-corrected chi connectivity index (χ2v) is 6.07. The van der Waals surface area contributed by atoms with Crippen LogP contribution < -0.4 is 15.4 Å². The number of carbonyl (C=O) groups is 1. The minimum absolute atomic E-state index is 0. The van der Waals surface area contributed by atoms with Gasteiger partial charge in [-0.1, -0.05) is 55.5 Å². The fourth-order valence-electron chi connectivity index (χ4n) is 2.99. The lowest BCUT2D eigenvalue weighted by atomic mass is 10.1. The van der Waals surface area contributed by atoms with Crippen molar-refractivity contribution in [1.82, 2.24) is 10.6 Å². The molecule has 25 heavy (non-hydrogen) atoms. The van der Waals surface area contributed by atoms with Crippen LogP contribution in [0.4, 0.5) is 0 Å². The monoisotopic (exact) mass is 360 g/mol. The third-order valence-corrected chi connectivity index (χ3v) is 4.35. The SMILES string of the molecule is CCc1ccccc1OC(C(=O)NC1CCNC1)c1ccccc1.Cl. The van der Waals surface area contributed by atoms with Gasteiger partial charge < -0.3 is 15.4 Å². The van der Waals surface area contributed by atoms with Crippen LogP contribution in [0.25, 0.3) is 0 Å². The molecule has 1 fully saturated rings. The molecule has 134 valence electrons. The summed E-state index contributed by atoms with van der Waals surface area (Å²) < 4.78 is 6.16. The van der Waals surface area contributed by atoms with Crippen molar-refractivity contribution in [2.45, 2.75) is 31.9 Å². The predicted molar refractivity (Wildman–Crippen MR) is 102 cm³/mol. The number of aryl methyl sites for hydroxylation is 1. The Labute approximate surface area is 155 Å². The van der Waals surface area contributed by atoms with Gasteiger partial charge in [0.1, 0.15) is 5.75 Å². The van der Waals surface area contributed by atoms with E-state index in [1.807, 2.05) is 54.6 Å². The van der Waals surface area contributed by atoms with E-state index in [9.17, 15) is 4.79 Å². The third-order valence-electron chi connectivity index (χ3n) is 4.35. The van der Waals surface area contributed by atoms with E-state index < -0.39 is 6.10 Å². The maximum absolute atomic E-state index is 12.8. The normalized spacial score (nSPS) is 17.4. The summed E-state index contributed by atoms with van der Waals surface area (Å²) in [6, 6.07) is 17.8. The molecule has 0 spiro atoms. The summed E-state index contributed by atoms with van der Waals surface area (Å²) in [6.07, 6.45) is 1.18. The number of benzene rings is 2. The predicted octanol–water partition coefficient (Wildman–Crippen LogP) is 3.27. The van der Waals surface area contributed by atoms with Crippen molar-refractivity contribution in [3.8, 4) is 5.75 Å². The van der Waals surface area contributed by atoms with Crippen molar-refractivity contribution in [1.29, 1.82) is 0 Å². The van der Waals surface area contributed by atoms with Crippen LogP contribution in [0.1, 0.15) is 30.6 Å². The van der Waals surface area contributed by atoms with Crippen LogP contribution in [0, 0.1) is 0 Å². The maximum Gasteiger partial charge on any atom is 0.266 e. The Morgan fingerprint density at radius 1 is 1.20 bits per heavy atom. The van der Waals surface area contributed by atoms with Gasteiger partial charge in [0.2, 0.25) is 6.10 Å². The van der Waals surface area contributed by atoms with Gasteiger partial charge in [0.15, 0.2) is 0 Å². The Morgan fingerprint density at radius 3 is 2.60 bits per heavy atom. The van der Waals surface area contributed by atoms with E-state index in [0.29, 0.717) is 0 Å². The molecule has 3 rings (SSSR count). The molecule has 2 atom stereocenters. The number of nitrogens with one attached hydrogen (secondary N) is 2. The number of ether oxygens (including phenoxy) is 1. The highest BCUT2D eigenvalue weighted by Crippen LogP contribution is 2.26. The fourth-order valence-corrected chi connectivity index (χ4v) is 2.99. The van der Waals surface area contributed by atoms with Crippen LogP contribution in [0.3, 0.4) is 0 Å². The molecule has 2 aromatic carbocycles. The van der Waals surface area contributed by atoms with E-state index in [4.69, 9.17) is 4.74 Å². The highest BCUT2D eigenvalue weighted by Gasteiger charge is 2.26. The van der Waals surface area contributed by atoms with Crippen LogP contribution in [0.5, 0.6) is 5.75 Å². The van der Waals surface area contributed by atoms with Crippen LogP contribution in [-0.4, -0.2) is 25.0 Å². The fraction of sp³-hybridized carbons (Fsp3) is 0.350. The lowest BCUT2D eigenvalue weighted by Gasteiger charge is -2.22. The minimum atomic E-state index is -0.639. The first-order valence-electron chi connectivity index (χ1n) is 8.58. The van der Waals surface area contributed by atoms with E-state index in [0.717, 1.165) is 42.8 Å². The molecule has 1 amide bonds. The molecule has 1 saturated heterocycles. The Balaban J connectivity index is 0.00000225. The largest absolute Gasteiger partial charge is 0.476 e. The topological polar surface area (TPSA) is 50.4 Å². The number of para-hydroxylation sites is 1. The number of rotatable bonds is 6. The molecule has 2 aromatic rings. The average molecular weight is 361 g/mol. The molecular weight excluding hydrogens is 336 g/mol. The number of halogens is 1. The van der Waals surface area contributed by atoms with Crippen LogP contribution in [0.15, 0.2) is 54.6 Å². The first-order valence-corrected chi connectivity index (χ1v) is 8.58. The zero-order valence-corrected chi connectivity index (χ0v) is 15.2. The third kappa shape index (κ3) is 4.97. The van der Waals surface area contributed by atoms with Crippen molar-refractivity contribution < 1.29 is 9.53 Å². The summed E-state index contributed by atoms with van der Waals surface area (Å²) in [7, 11) is 0. The first kappa shape index (κ1) is 19.3. The molecule has 0 saturated carbocycles. The second-order valence-electron chi connectivity index (χ2n) is 6.07. The van der Waals surface area contributed by atoms with E-state index in [1.165, 1.54) is 0 Å². The summed E-state index contributed by atoms with van der Waals surface area (Å²) >= 11 is 0. The number of hydrogen-bond acceptors (Lipinski definition) is 3. The smallest absolute Gasteiger partial charge is 0.266 e. The molecule has 0 aliphatic carbocycles. The molecule has 5 heteroatoms. The van der Waals surface area contributed by atoms with Crippen molar-refractivity contribution >= 4 is 18.3 Å². The standard InChI is InChI=1S/C20H24N2O2.ClH/c1-2-15-8-6-7-11-18(15)24-19(16-9-4-3-5-10-16)20(23)22-17-12-13-21-14-17;/h3-11,17,19,21H,2,12-14H2,1H3,(H,22,23);1H. The lowest BCUT2D eigenvalue weighted by molar-refractivity contribution is -0.128. The number of amides is 1. The minimum Gasteiger partial charge on any atom is -0.476 e. The molecule has 1 aliphatic heterocycles. The lowest BCUT2D eigenvalue weighted by Crippen LogP contribution is -2.40. The number of hydrogen-bond donors (Lipinski definition) is 2. The molecule has 0 radical (unpaired) electrons. The quantitative estimate of drug-likeness (QED) is 0.831. The highest BCUT2D eigenvalue weighted by molar-refractivity contribution is 5.85. The van der Waals surface area contributed by atoms with Gasteiger partial charge in [-0.15, -0.1) is 12.4 Å². The highest BCUT2D eigenvalue weighted by atomic mass is 35.5. The Kier molecular flexibility index (Phi) is 7.29. The van der Waals surface area contributed by atoms with Crippen molar-refractivity contribution in [3.63, 3.8) is 0 Å². The van der Waals surface area contributed by atoms with Gasteiger partial charge in [0, 0.05) is 18.2 Å². The first-order chi connectivity index (χ1) is 11.8. The summed E-state index contributed by atoms with van der Waals surface area (Å²) in [5.41, 5.74) is 1.97. The molecular formula is C20H25ClN2O2. The summed E-state index contributed by atoms with van der Waals surface area (Å²) in [5, 5.41) is 6.38. The molecule has 2 N–H and O–H groups in total. The van der Waals surface area contributed by atoms with Crippen molar-refractivity contribution in [3.05, 3.63) is 65.7 Å². The maximum atomic E-state index is 12.8. The molecule has 2 unspecified atom stereocenters. The Hall–Kier alpha value is -2.04. The van der Waals surface area contributed by atoms with Crippen LogP contribution in [0.2, 0.25) is 0 Å². The van der Waals surface area contributed by atoms with Gasteiger partial charge in [0.05, 0.1) is 0 Å². The zero-order valence-electron chi connectivity index (χ0n) is 14.4. The molecule has 0 aromatic heterocycles. The van der Waals surface area contributed by atoms with E-state index in [2.05, 4.69) is 17.6 Å². The van der Waals surface area contributed by atoms with Crippen LogP contribution >= 0.6 is 12.4 Å².